The minimum atomic E-state index is 0. The number of fused-ring (bicyclic) bond motifs is 1. The molecule has 1 aliphatic heterocycles. The molecule has 0 saturated carbocycles. The molecule has 172 valence electrons. The highest BCUT2D eigenvalue weighted by molar-refractivity contribution is 14.0. The SMILES string of the molecule is CCNC(=NCc1ccc(CN2CCCCC2C)cc1)NCc1nnc2ccccn12.I. The maximum absolute atomic E-state index is 4.75. The van der Waals surface area contributed by atoms with Crippen LogP contribution in [0.15, 0.2) is 53.7 Å². The average molecular weight is 547 g/mol. The molecule has 1 unspecified atom stereocenters. The summed E-state index contributed by atoms with van der Waals surface area (Å²) in [6.45, 7) is 8.67. The van der Waals surface area contributed by atoms with E-state index in [4.69, 9.17) is 4.99 Å². The van der Waals surface area contributed by atoms with Crippen molar-refractivity contribution in [3.05, 3.63) is 65.6 Å². The van der Waals surface area contributed by atoms with E-state index in [0.717, 1.165) is 30.5 Å². The minimum absolute atomic E-state index is 0. The van der Waals surface area contributed by atoms with Gasteiger partial charge in [-0.2, -0.15) is 0 Å². The van der Waals surface area contributed by atoms with Gasteiger partial charge in [0.2, 0.25) is 0 Å². The van der Waals surface area contributed by atoms with Crippen LogP contribution in [-0.2, 0) is 19.6 Å². The number of guanidine groups is 1. The lowest BCUT2D eigenvalue weighted by molar-refractivity contribution is 0.152. The van der Waals surface area contributed by atoms with E-state index in [0.29, 0.717) is 19.1 Å². The van der Waals surface area contributed by atoms with Gasteiger partial charge in [-0.25, -0.2) is 4.99 Å². The third-order valence-electron chi connectivity index (χ3n) is 5.91. The van der Waals surface area contributed by atoms with E-state index in [1.54, 1.807) is 0 Å². The van der Waals surface area contributed by atoms with E-state index in [9.17, 15) is 0 Å². The quantitative estimate of drug-likeness (QED) is 0.266. The normalized spacial score (nSPS) is 17.2. The van der Waals surface area contributed by atoms with Gasteiger partial charge in [0.25, 0.3) is 0 Å². The Morgan fingerprint density at radius 1 is 1.06 bits per heavy atom. The molecular formula is C24H34IN7. The summed E-state index contributed by atoms with van der Waals surface area (Å²) < 4.78 is 1.98. The molecule has 0 amide bonds. The number of pyridine rings is 1. The van der Waals surface area contributed by atoms with Crippen LogP contribution in [0.3, 0.4) is 0 Å². The molecule has 1 aromatic carbocycles. The fourth-order valence-corrected chi connectivity index (χ4v) is 4.06. The van der Waals surface area contributed by atoms with Crippen LogP contribution in [0.2, 0.25) is 0 Å². The topological polar surface area (TPSA) is 69.8 Å². The van der Waals surface area contributed by atoms with Crippen LogP contribution in [0.1, 0.15) is 50.1 Å². The molecule has 0 radical (unpaired) electrons. The van der Waals surface area contributed by atoms with E-state index in [2.05, 4.69) is 63.8 Å². The summed E-state index contributed by atoms with van der Waals surface area (Å²) >= 11 is 0. The molecular weight excluding hydrogens is 513 g/mol. The van der Waals surface area contributed by atoms with E-state index >= 15 is 0 Å². The first-order valence-electron chi connectivity index (χ1n) is 11.4. The number of piperidine rings is 1. The molecule has 2 N–H and O–H groups in total. The standard InChI is InChI=1S/C24H33N7.HI/c1-3-25-24(27-17-23-29-28-22-9-5-7-15-31(22)23)26-16-20-10-12-21(13-11-20)18-30-14-6-4-8-19(30)2;/h5,7,9-13,15,19H,3-4,6,8,14,16-18H2,1-2H3,(H2,25,26,27);1H. The van der Waals surface area contributed by atoms with Crippen molar-refractivity contribution in [1.82, 2.24) is 30.1 Å². The number of aromatic nitrogens is 3. The molecule has 8 heteroatoms. The molecule has 1 aliphatic rings. The molecule has 2 aromatic heterocycles. The van der Waals surface area contributed by atoms with Crippen LogP contribution in [0.4, 0.5) is 0 Å². The Balaban J connectivity index is 0.00000289. The second kappa shape index (κ2) is 12.2. The number of hydrogen-bond acceptors (Lipinski definition) is 4. The molecule has 7 nitrogen and oxygen atoms in total. The second-order valence-electron chi connectivity index (χ2n) is 8.23. The van der Waals surface area contributed by atoms with Gasteiger partial charge in [-0.1, -0.05) is 36.8 Å². The van der Waals surface area contributed by atoms with Crippen molar-refractivity contribution in [2.75, 3.05) is 13.1 Å². The Morgan fingerprint density at radius 3 is 2.66 bits per heavy atom. The molecule has 32 heavy (non-hydrogen) atoms. The average Bonchev–Trinajstić information content (AvgIpc) is 3.21. The molecule has 3 heterocycles. The molecule has 1 atom stereocenters. The summed E-state index contributed by atoms with van der Waals surface area (Å²) in [5, 5.41) is 15.1. The van der Waals surface area contributed by atoms with Crippen molar-refractivity contribution in [2.24, 2.45) is 4.99 Å². The maximum atomic E-state index is 4.75. The van der Waals surface area contributed by atoms with Crippen LogP contribution in [0.5, 0.6) is 0 Å². The van der Waals surface area contributed by atoms with Gasteiger partial charge >= 0.3 is 0 Å². The maximum Gasteiger partial charge on any atom is 0.191 e. The summed E-state index contributed by atoms with van der Waals surface area (Å²) in [4.78, 5) is 7.34. The Morgan fingerprint density at radius 2 is 1.88 bits per heavy atom. The van der Waals surface area contributed by atoms with Crippen LogP contribution in [-0.4, -0.2) is 44.6 Å². The fourth-order valence-electron chi connectivity index (χ4n) is 4.06. The molecule has 0 bridgehead atoms. The summed E-state index contributed by atoms with van der Waals surface area (Å²) in [6, 6.07) is 15.5. The van der Waals surface area contributed by atoms with Gasteiger partial charge < -0.3 is 10.6 Å². The minimum Gasteiger partial charge on any atom is -0.357 e. The first-order chi connectivity index (χ1) is 15.2. The van der Waals surface area contributed by atoms with Gasteiger partial charge in [0, 0.05) is 25.3 Å². The van der Waals surface area contributed by atoms with Crippen molar-refractivity contribution in [3.8, 4) is 0 Å². The Hall–Kier alpha value is -2.20. The molecule has 0 aliphatic carbocycles. The van der Waals surface area contributed by atoms with Crippen molar-refractivity contribution >= 4 is 35.6 Å². The number of nitrogens with one attached hydrogen (secondary N) is 2. The molecule has 4 rings (SSSR count). The Labute approximate surface area is 207 Å². The van der Waals surface area contributed by atoms with Gasteiger partial charge in [0.1, 0.15) is 0 Å². The Kier molecular flexibility index (Phi) is 9.28. The molecule has 1 fully saturated rings. The van der Waals surface area contributed by atoms with Crippen molar-refractivity contribution in [2.45, 2.75) is 58.8 Å². The summed E-state index contributed by atoms with van der Waals surface area (Å²) in [5.74, 6) is 1.64. The zero-order valence-electron chi connectivity index (χ0n) is 19.0. The number of likely N-dealkylation sites (tertiary alicyclic amines) is 1. The van der Waals surface area contributed by atoms with Crippen molar-refractivity contribution in [1.29, 1.82) is 0 Å². The number of benzene rings is 1. The van der Waals surface area contributed by atoms with Crippen LogP contribution < -0.4 is 10.6 Å². The fraction of sp³-hybridized carbons (Fsp3) is 0.458. The number of hydrogen-bond donors (Lipinski definition) is 2. The van der Waals surface area contributed by atoms with E-state index in [-0.39, 0.29) is 24.0 Å². The van der Waals surface area contributed by atoms with E-state index < -0.39 is 0 Å². The number of aliphatic imine (C=N–C) groups is 1. The summed E-state index contributed by atoms with van der Waals surface area (Å²) in [7, 11) is 0. The largest absolute Gasteiger partial charge is 0.357 e. The number of rotatable bonds is 7. The highest BCUT2D eigenvalue weighted by Crippen LogP contribution is 2.19. The number of nitrogens with zero attached hydrogens (tertiary/aromatic N) is 5. The molecule has 3 aromatic rings. The highest BCUT2D eigenvalue weighted by atomic mass is 127. The monoisotopic (exact) mass is 547 g/mol. The Bertz CT molecular complexity index is 999. The zero-order valence-corrected chi connectivity index (χ0v) is 21.3. The van der Waals surface area contributed by atoms with Crippen molar-refractivity contribution < 1.29 is 0 Å². The van der Waals surface area contributed by atoms with Gasteiger partial charge in [0.05, 0.1) is 13.1 Å². The number of halogens is 1. The van der Waals surface area contributed by atoms with Gasteiger partial charge in [0.15, 0.2) is 17.4 Å². The summed E-state index contributed by atoms with van der Waals surface area (Å²) in [6.07, 6.45) is 5.98. The van der Waals surface area contributed by atoms with Crippen LogP contribution in [0.25, 0.3) is 5.65 Å². The lowest BCUT2D eigenvalue weighted by Gasteiger charge is -2.33. The van der Waals surface area contributed by atoms with Gasteiger partial charge in [-0.15, -0.1) is 34.2 Å². The molecule has 1 saturated heterocycles. The predicted molar refractivity (Wildman–Crippen MR) is 140 cm³/mol. The lowest BCUT2D eigenvalue weighted by Crippen LogP contribution is -2.37. The van der Waals surface area contributed by atoms with Crippen LogP contribution in [0, 0.1) is 0 Å². The highest BCUT2D eigenvalue weighted by Gasteiger charge is 2.17. The van der Waals surface area contributed by atoms with Crippen LogP contribution >= 0.6 is 24.0 Å². The first-order valence-corrected chi connectivity index (χ1v) is 11.4. The smallest absolute Gasteiger partial charge is 0.191 e. The lowest BCUT2D eigenvalue weighted by atomic mass is 10.0. The van der Waals surface area contributed by atoms with Crippen molar-refractivity contribution in [3.63, 3.8) is 0 Å². The van der Waals surface area contributed by atoms with E-state index in [1.165, 1.54) is 36.9 Å². The third kappa shape index (κ3) is 6.41. The van der Waals surface area contributed by atoms with Gasteiger partial charge in [-0.05, 0) is 56.5 Å². The molecule has 0 spiro atoms. The van der Waals surface area contributed by atoms with E-state index in [1.807, 2.05) is 28.8 Å². The van der Waals surface area contributed by atoms with Gasteiger partial charge in [-0.3, -0.25) is 9.30 Å². The zero-order chi connectivity index (χ0) is 21.5. The first kappa shape index (κ1) is 24.4. The predicted octanol–water partition coefficient (Wildman–Crippen LogP) is 3.98. The second-order valence-corrected chi connectivity index (χ2v) is 8.23. The summed E-state index contributed by atoms with van der Waals surface area (Å²) in [5.41, 5.74) is 3.44. The third-order valence-corrected chi connectivity index (χ3v) is 5.91.